The van der Waals surface area contributed by atoms with Gasteiger partial charge in [-0.15, -0.1) is 10.2 Å². The van der Waals surface area contributed by atoms with Gasteiger partial charge in [-0.2, -0.15) is 0 Å². The minimum atomic E-state index is -0.0841. The molecule has 1 aliphatic carbocycles. The molecule has 2 rings (SSSR count). The maximum atomic E-state index is 10.8. The van der Waals surface area contributed by atoms with Gasteiger partial charge in [-0.1, -0.05) is 24.2 Å². The molecule has 0 bridgehead atoms. The van der Waals surface area contributed by atoms with Crippen molar-refractivity contribution in [2.24, 2.45) is 0 Å². The molecular formula is C9H13N3OS. The second-order valence-corrected chi connectivity index (χ2v) is 4.62. The highest BCUT2D eigenvalue weighted by molar-refractivity contribution is 7.15. The first-order chi connectivity index (χ1) is 6.75. The Balaban J connectivity index is 2.05. The highest BCUT2D eigenvalue weighted by Crippen LogP contribution is 2.36. The van der Waals surface area contributed by atoms with Gasteiger partial charge in [-0.3, -0.25) is 4.79 Å². The van der Waals surface area contributed by atoms with Gasteiger partial charge in [0.05, 0.1) is 0 Å². The highest BCUT2D eigenvalue weighted by Gasteiger charge is 2.21. The summed E-state index contributed by atoms with van der Waals surface area (Å²) in [5.41, 5.74) is 0. The summed E-state index contributed by atoms with van der Waals surface area (Å²) in [6.45, 7) is 1.48. The fourth-order valence-electron chi connectivity index (χ4n) is 1.77. The normalized spacial score (nSPS) is 17.2. The minimum Gasteiger partial charge on any atom is -0.301 e. The molecule has 1 aromatic rings. The number of nitrogens with zero attached hydrogens (tertiary/aromatic N) is 2. The lowest BCUT2D eigenvalue weighted by Gasteiger charge is -2.00. The van der Waals surface area contributed by atoms with Gasteiger partial charge in [0.1, 0.15) is 5.01 Å². The molecule has 1 aromatic heterocycles. The summed E-state index contributed by atoms with van der Waals surface area (Å²) in [6.07, 6.45) is 5.02. The van der Waals surface area contributed by atoms with Gasteiger partial charge in [0, 0.05) is 12.8 Å². The summed E-state index contributed by atoms with van der Waals surface area (Å²) >= 11 is 1.50. The van der Waals surface area contributed by atoms with Crippen molar-refractivity contribution in [2.45, 2.75) is 38.5 Å². The number of carbonyl (C=O) groups is 1. The molecule has 0 aliphatic heterocycles. The third-order valence-corrected chi connectivity index (χ3v) is 3.43. The predicted molar refractivity (Wildman–Crippen MR) is 55.4 cm³/mol. The number of nitrogens with one attached hydrogen (secondary N) is 1. The van der Waals surface area contributed by atoms with Crippen LogP contribution in [0.15, 0.2) is 0 Å². The van der Waals surface area contributed by atoms with E-state index in [-0.39, 0.29) is 5.91 Å². The van der Waals surface area contributed by atoms with Crippen molar-refractivity contribution < 1.29 is 4.79 Å². The van der Waals surface area contributed by atoms with Gasteiger partial charge in [-0.25, -0.2) is 0 Å². The average molecular weight is 211 g/mol. The molecule has 0 unspecified atom stereocenters. The van der Waals surface area contributed by atoms with Gasteiger partial charge >= 0.3 is 0 Å². The molecule has 1 heterocycles. The Morgan fingerprint density at radius 3 is 2.79 bits per heavy atom. The van der Waals surface area contributed by atoms with E-state index >= 15 is 0 Å². The fraction of sp³-hybridized carbons (Fsp3) is 0.667. The smallest absolute Gasteiger partial charge is 0.223 e. The topological polar surface area (TPSA) is 54.9 Å². The first-order valence-corrected chi connectivity index (χ1v) is 5.68. The molecule has 14 heavy (non-hydrogen) atoms. The molecule has 1 fully saturated rings. The number of hydrogen-bond acceptors (Lipinski definition) is 4. The van der Waals surface area contributed by atoms with Crippen LogP contribution in [-0.2, 0) is 4.79 Å². The molecule has 0 atom stereocenters. The maximum Gasteiger partial charge on any atom is 0.223 e. The van der Waals surface area contributed by atoms with Crippen molar-refractivity contribution >= 4 is 22.4 Å². The van der Waals surface area contributed by atoms with Crippen molar-refractivity contribution in [2.75, 3.05) is 5.32 Å². The summed E-state index contributed by atoms with van der Waals surface area (Å²) < 4.78 is 0. The Morgan fingerprint density at radius 1 is 1.43 bits per heavy atom. The van der Waals surface area contributed by atoms with E-state index in [1.54, 1.807) is 0 Å². The number of hydrogen-bond donors (Lipinski definition) is 1. The zero-order chi connectivity index (χ0) is 9.97. The van der Waals surface area contributed by atoms with Gasteiger partial charge < -0.3 is 5.32 Å². The van der Waals surface area contributed by atoms with Crippen LogP contribution in [0.3, 0.4) is 0 Å². The van der Waals surface area contributed by atoms with Crippen molar-refractivity contribution in [3.63, 3.8) is 0 Å². The summed E-state index contributed by atoms with van der Waals surface area (Å²) in [7, 11) is 0. The predicted octanol–water partition coefficient (Wildman–Crippen LogP) is 2.15. The molecular weight excluding hydrogens is 198 g/mol. The molecule has 4 nitrogen and oxygen atoms in total. The molecule has 0 aromatic carbocycles. The Bertz CT molecular complexity index is 331. The van der Waals surface area contributed by atoms with Crippen LogP contribution in [0.1, 0.15) is 43.5 Å². The lowest BCUT2D eigenvalue weighted by molar-refractivity contribution is -0.114. The van der Waals surface area contributed by atoms with Crippen LogP contribution in [-0.4, -0.2) is 16.1 Å². The number of anilines is 1. The van der Waals surface area contributed by atoms with Crippen LogP contribution in [0, 0.1) is 0 Å². The third-order valence-electron chi connectivity index (χ3n) is 2.43. The Morgan fingerprint density at radius 2 is 2.14 bits per heavy atom. The summed E-state index contributed by atoms with van der Waals surface area (Å²) in [5.74, 6) is 0.495. The second kappa shape index (κ2) is 4.04. The number of amides is 1. The molecule has 5 heteroatoms. The standard InChI is InChI=1S/C9H13N3OS/c1-6(13)10-9-12-11-8(14-9)7-4-2-3-5-7/h7H,2-5H2,1H3,(H,10,12,13). The fourth-order valence-corrected chi connectivity index (χ4v) is 2.73. The van der Waals surface area contributed by atoms with Crippen molar-refractivity contribution in [3.8, 4) is 0 Å². The third kappa shape index (κ3) is 2.09. The van der Waals surface area contributed by atoms with E-state index in [4.69, 9.17) is 0 Å². The maximum absolute atomic E-state index is 10.8. The van der Waals surface area contributed by atoms with Crippen molar-refractivity contribution in [3.05, 3.63) is 5.01 Å². The molecule has 0 spiro atoms. The molecule has 0 saturated heterocycles. The molecule has 1 amide bonds. The van der Waals surface area contributed by atoms with E-state index in [0.717, 1.165) is 5.01 Å². The van der Waals surface area contributed by atoms with E-state index in [1.165, 1.54) is 43.9 Å². The average Bonchev–Trinajstić information content (AvgIpc) is 2.69. The largest absolute Gasteiger partial charge is 0.301 e. The van der Waals surface area contributed by atoms with Crippen LogP contribution in [0.5, 0.6) is 0 Å². The Labute approximate surface area is 86.7 Å². The Kier molecular flexibility index (Phi) is 2.77. The van der Waals surface area contributed by atoms with E-state index in [1.807, 2.05) is 0 Å². The number of rotatable bonds is 2. The zero-order valence-electron chi connectivity index (χ0n) is 8.12. The van der Waals surface area contributed by atoms with Gasteiger partial charge in [-0.05, 0) is 12.8 Å². The van der Waals surface area contributed by atoms with E-state index in [0.29, 0.717) is 11.0 Å². The van der Waals surface area contributed by atoms with E-state index < -0.39 is 0 Å². The first kappa shape index (κ1) is 9.58. The molecule has 1 saturated carbocycles. The lowest BCUT2D eigenvalue weighted by Crippen LogP contribution is -2.04. The zero-order valence-corrected chi connectivity index (χ0v) is 8.93. The quantitative estimate of drug-likeness (QED) is 0.815. The van der Waals surface area contributed by atoms with Gasteiger partial charge in [0.2, 0.25) is 11.0 Å². The monoisotopic (exact) mass is 211 g/mol. The minimum absolute atomic E-state index is 0.0841. The lowest BCUT2D eigenvalue weighted by atomic mass is 10.1. The summed E-state index contributed by atoms with van der Waals surface area (Å²) in [6, 6.07) is 0. The van der Waals surface area contributed by atoms with Crippen LogP contribution in [0.4, 0.5) is 5.13 Å². The molecule has 0 radical (unpaired) electrons. The molecule has 76 valence electrons. The van der Waals surface area contributed by atoms with E-state index in [9.17, 15) is 4.79 Å². The SMILES string of the molecule is CC(=O)Nc1nnc(C2CCCC2)s1. The summed E-state index contributed by atoms with van der Waals surface area (Å²) in [4.78, 5) is 10.8. The van der Waals surface area contributed by atoms with Crippen LogP contribution >= 0.6 is 11.3 Å². The van der Waals surface area contributed by atoms with Crippen LogP contribution < -0.4 is 5.32 Å². The second-order valence-electron chi connectivity index (χ2n) is 3.61. The molecule has 1 N–H and O–H groups in total. The van der Waals surface area contributed by atoms with E-state index in [2.05, 4.69) is 15.5 Å². The summed E-state index contributed by atoms with van der Waals surface area (Å²) in [5, 5.41) is 12.4. The molecule has 1 aliphatic rings. The number of carbonyl (C=O) groups excluding carboxylic acids is 1. The number of aromatic nitrogens is 2. The van der Waals surface area contributed by atoms with Gasteiger partial charge in [0.25, 0.3) is 0 Å². The highest BCUT2D eigenvalue weighted by atomic mass is 32.1. The van der Waals surface area contributed by atoms with Gasteiger partial charge in [0.15, 0.2) is 0 Å². The van der Waals surface area contributed by atoms with Crippen LogP contribution in [0.25, 0.3) is 0 Å². The van der Waals surface area contributed by atoms with Crippen molar-refractivity contribution in [1.82, 2.24) is 10.2 Å². The van der Waals surface area contributed by atoms with Crippen molar-refractivity contribution in [1.29, 1.82) is 0 Å². The Hall–Kier alpha value is -0.970. The van der Waals surface area contributed by atoms with Crippen LogP contribution in [0.2, 0.25) is 0 Å². The first-order valence-electron chi connectivity index (χ1n) is 4.86.